The smallest absolute Gasteiger partial charge is 0.227 e. The third-order valence-electron chi connectivity index (χ3n) is 3.80. The van der Waals surface area contributed by atoms with E-state index in [1.54, 1.807) is 12.4 Å². The number of benzene rings is 1. The molecule has 3 aromatic rings. The topological polar surface area (TPSA) is 129 Å². The van der Waals surface area contributed by atoms with E-state index in [2.05, 4.69) is 25.6 Å². The summed E-state index contributed by atoms with van der Waals surface area (Å²) in [6, 6.07) is 13.0. The molecule has 2 heterocycles. The molecule has 0 aliphatic heterocycles. The molecule has 30 heavy (non-hydrogen) atoms. The lowest BCUT2D eigenvalue weighted by atomic mass is 10.2. The Kier molecular flexibility index (Phi) is 10.5. The zero-order valence-corrected chi connectivity index (χ0v) is 17.4. The van der Waals surface area contributed by atoms with Crippen LogP contribution in [0.15, 0.2) is 54.9 Å². The van der Waals surface area contributed by atoms with Gasteiger partial charge in [-0.1, -0.05) is 17.7 Å². The van der Waals surface area contributed by atoms with Gasteiger partial charge in [-0.2, -0.15) is 0 Å². The van der Waals surface area contributed by atoms with E-state index < -0.39 is 0 Å². The molecule has 0 bridgehead atoms. The number of nitrogens with zero attached hydrogens (tertiary/aromatic N) is 3. The van der Waals surface area contributed by atoms with Crippen LogP contribution < -0.4 is 16.4 Å². The number of nitrogens with one attached hydrogen (secondary N) is 2. The third kappa shape index (κ3) is 8.30. The van der Waals surface area contributed by atoms with Crippen molar-refractivity contribution >= 4 is 29.1 Å². The second-order valence-corrected chi connectivity index (χ2v) is 6.64. The number of anilines is 3. The van der Waals surface area contributed by atoms with Crippen LogP contribution in [-0.2, 0) is 0 Å². The summed E-state index contributed by atoms with van der Waals surface area (Å²) < 4.78 is 0. The van der Waals surface area contributed by atoms with Crippen molar-refractivity contribution in [3.63, 3.8) is 0 Å². The monoisotopic (exact) mass is 430 g/mol. The molecule has 160 valence electrons. The lowest BCUT2D eigenvalue weighted by Gasteiger charge is -2.09. The summed E-state index contributed by atoms with van der Waals surface area (Å²) in [5.41, 5.74) is 7.52. The minimum absolute atomic E-state index is 0.150. The number of halogens is 1. The summed E-state index contributed by atoms with van der Waals surface area (Å²) in [6.45, 7) is 1.63. The Balaban J connectivity index is 0.000000575. The predicted octanol–water partition coefficient (Wildman–Crippen LogP) is 3.06. The number of nitrogens with two attached hydrogens (primary N) is 1. The Bertz CT molecular complexity index is 895. The van der Waals surface area contributed by atoms with Crippen LogP contribution in [0.25, 0.3) is 11.3 Å². The summed E-state index contributed by atoms with van der Waals surface area (Å²) >= 11 is 6.00. The minimum atomic E-state index is 0.150. The van der Waals surface area contributed by atoms with E-state index in [-0.39, 0.29) is 13.2 Å². The second-order valence-electron chi connectivity index (χ2n) is 6.20. The zero-order valence-electron chi connectivity index (χ0n) is 16.6. The fraction of sp³-hybridized carbons (Fsp3) is 0.286. The summed E-state index contributed by atoms with van der Waals surface area (Å²) in [7, 11) is 0. The van der Waals surface area contributed by atoms with Gasteiger partial charge in [0.1, 0.15) is 5.82 Å². The van der Waals surface area contributed by atoms with Crippen LogP contribution >= 0.6 is 11.6 Å². The van der Waals surface area contributed by atoms with Crippen LogP contribution in [0.4, 0.5) is 17.5 Å². The van der Waals surface area contributed by atoms with Crippen LogP contribution in [0.2, 0.25) is 5.02 Å². The fourth-order valence-electron chi connectivity index (χ4n) is 2.35. The Morgan fingerprint density at radius 1 is 0.967 bits per heavy atom. The van der Waals surface area contributed by atoms with E-state index in [0.29, 0.717) is 30.5 Å². The maximum Gasteiger partial charge on any atom is 0.227 e. The van der Waals surface area contributed by atoms with Gasteiger partial charge < -0.3 is 26.6 Å². The Labute approximate surface area is 181 Å². The highest BCUT2D eigenvalue weighted by atomic mass is 35.5. The van der Waals surface area contributed by atoms with E-state index in [0.717, 1.165) is 29.2 Å². The number of aliphatic hydroxyl groups excluding tert-OH is 2. The third-order valence-corrected chi connectivity index (χ3v) is 4.03. The summed E-state index contributed by atoms with van der Waals surface area (Å²) in [5.74, 6) is 1.24. The largest absolute Gasteiger partial charge is 0.396 e. The van der Waals surface area contributed by atoms with Crippen molar-refractivity contribution in [2.75, 3.05) is 36.9 Å². The molecule has 0 radical (unpaired) electrons. The van der Waals surface area contributed by atoms with Crippen molar-refractivity contribution < 1.29 is 10.2 Å². The normalized spacial score (nSPS) is 10.1. The van der Waals surface area contributed by atoms with Gasteiger partial charge in [-0.05, 0) is 55.8 Å². The summed E-state index contributed by atoms with van der Waals surface area (Å²) in [4.78, 5) is 13.1. The molecule has 9 heteroatoms. The van der Waals surface area contributed by atoms with Gasteiger partial charge in [0.2, 0.25) is 5.95 Å². The molecule has 0 aliphatic rings. The minimum Gasteiger partial charge on any atom is -0.396 e. The van der Waals surface area contributed by atoms with Gasteiger partial charge in [0.15, 0.2) is 0 Å². The first-order chi connectivity index (χ1) is 14.7. The molecule has 3 rings (SSSR count). The highest BCUT2D eigenvalue weighted by Crippen LogP contribution is 2.22. The van der Waals surface area contributed by atoms with Crippen molar-refractivity contribution in [3.05, 3.63) is 59.9 Å². The van der Waals surface area contributed by atoms with Gasteiger partial charge in [-0.25, -0.2) is 15.0 Å². The van der Waals surface area contributed by atoms with Gasteiger partial charge in [-0.3, -0.25) is 0 Å². The van der Waals surface area contributed by atoms with Crippen LogP contribution in [0.1, 0.15) is 12.8 Å². The second kappa shape index (κ2) is 13.4. The van der Waals surface area contributed by atoms with Crippen LogP contribution in [-0.4, -0.2) is 51.5 Å². The zero-order chi connectivity index (χ0) is 21.6. The predicted molar refractivity (Wildman–Crippen MR) is 121 cm³/mol. The lowest BCUT2D eigenvalue weighted by Crippen LogP contribution is -2.05. The van der Waals surface area contributed by atoms with Gasteiger partial charge >= 0.3 is 0 Å². The number of aliphatic hydroxyl groups is 2. The van der Waals surface area contributed by atoms with E-state index in [1.165, 1.54) is 0 Å². The first kappa shape index (κ1) is 23.5. The van der Waals surface area contributed by atoms with Crippen LogP contribution in [0.3, 0.4) is 0 Å². The molecule has 0 amide bonds. The quantitative estimate of drug-likeness (QED) is 0.327. The number of rotatable bonds is 9. The molecule has 1 aromatic carbocycles. The molecule has 0 saturated heterocycles. The molecule has 0 atom stereocenters. The van der Waals surface area contributed by atoms with E-state index in [1.807, 2.05) is 42.5 Å². The Morgan fingerprint density at radius 2 is 1.77 bits per heavy atom. The highest BCUT2D eigenvalue weighted by Gasteiger charge is 2.05. The van der Waals surface area contributed by atoms with Crippen molar-refractivity contribution in [1.29, 1.82) is 0 Å². The van der Waals surface area contributed by atoms with Crippen molar-refractivity contribution in [3.8, 4) is 11.3 Å². The maximum absolute atomic E-state index is 8.85. The summed E-state index contributed by atoms with van der Waals surface area (Å²) in [5, 5.41) is 23.8. The molecule has 0 unspecified atom stereocenters. The molecule has 0 saturated carbocycles. The maximum atomic E-state index is 8.85. The molecule has 0 aliphatic carbocycles. The van der Waals surface area contributed by atoms with E-state index in [4.69, 9.17) is 27.5 Å². The molecule has 6 N–H and O–H groups in total. The first-order valence-corrected chi connectivity index (χ1v) is 10.0. The van der Waals surface area contributed by atoms with Crippen molar-refractivity contribution in [1.82, 2.24) is 15.0 Å². The van der Waals surface area contributed by atoms with Crippen LogP contribution in [0, 0.1) is 0 Å². The molecule has 0 fully saturated rings. The van der Waals surface area contributed by atoms with Gasteiger partial charge in [0.05, 0.1) is 5.69 Å². The standard InChI is InChI=1S/C18H18ClN5O.C3H9NO/c19-14-3-1-4-15(12-14)23-18-22-9-6-16(24-18)13-5-8-21-17(11-13)20-7-2-10-25;4-2-1-3-5/h1,3-6,8-9,11-12,25H,2,7,10H2,(H,20,21)(H,22,23,24);5H,1-4H2. The fourth-order valence-corrected chi connectivity index (χ4v) is 2.54. The van der Waals surface area contributed by atoms with Crippen molar-refractivity contribution in [2.24, 2.45) is 5.73 Å². The first-order valence-electron chi connectivity index (χ1n) is 9.64. The van der Waals surface area contributed by atoms with Gasteiger partial charge in [0, 0.05) is 48.4 Å². The van der Waals surface area contributed by atoms with Gasteiger partial charge in [-0.15, -0.1) is 0 Å². The SMILES string of the molecule is NCCCO.OCCCNc1cc(-c2ccnc(Nc3cccc(Cl)c3)n2)ccn1. The number of hydrogen-bond donors (Lipinski definition) is 5. The molecule has 2 aromatic heterocycles. The molecular formula is C21H27ClN6O2. The van der Waals surface area contributed by atoms with Crippen molar-refractivity contribution in [2.45, 2.75) is 12.8 Å². The highest BCUT2D eigenvalue weighted by molar-refractivity contribution is 6.30. The molecular weight excluding hydrogens is 404 g/mol. The lowest BCUT2D eigenvalue weighted by molar-refractivity contribution is 0.291. The van der Waals surface area contributed by atoms with E-state index >= 15 is 0 Å². The van der Waals surface area contributed by atoms with Crippen LogP contribution in [0.5, 0.6) is 0 Å². The summed E-state index contributed by atoms with van der Waals surface area (Å²) in [6.07, 6.45) is 4.82. The number of aromatic nitrogens is 3. The Hall–Kier alpha value is -2.78. The Morgan fingerprint density at radius 3 is 2.47 bits per heavy atom. The number of pyridine rings is 1. The van der Waals surface area contributed by atoms with E-state index in [9.17, 15) is 0 Å². The average molecular weight is 431 g/mol. The number of hydrogen-bond acceptors (Lipinski definition) is 8. The van der Waals surface area contributed by atoms with Gasteiger partial charge in [0.25, 0.3) is 0 Å². The molecule has 8 nitrogen and oxygen atoms in total. The average Bonchev–Trinajstić information content (AvgIpc) is 2.75. The molecule has 0 spiro atoms.